The molecule has 2 aliphatic heterocycles. The van der Waals surface area contributed by atoms with Gasteiger partial charge in [0.1, 0.15) is 23.0 Å². The number of aromatic nitrogens is 6. The highest BCUT2D eigenvalue weighted by Gasteiger charge is 2.32. The zero-order valence-electron chi connectivity index (χ0n) is 26.5. The number of hydrogen-bond acceptors (Lipinski definition) is 8. The van der Waals surface area contributed by atoms with Crippen LogP contribution in [0.4, 0.5) is 20.3 Å². The minimum Gasteiger partial charge on any atom is -0.367 e. The van der Waals surface area contributed by atoms with Crippen molar-refractivity contribution in [3.63, 3.8) is 0 Å². The molecule has 1 atom stereocenters. The summed E-state index contributed by atoms with van der Waals surface area (Å²) in [4.78, 5) is 41.7. The fourth-order valence-corrected chi connectivity index (χ4v) is 6.62. The van der Waals surface area contributed by atoms with Gasteiger partial charge in [0, 0.05) is 32.7 Å². The van der Waals surface area contributed by atoms with Crippen LogP contribution in [0, 0.1) is 11.6 Å². The van der Waals surface area contributed by atoms with Crippen LogP contribution >= 0.6 is 0 Å². The molecule has 1 amide bonds. The second kappa shape index (κ2) is 11.4. The van der Waals surface area contributed by atoms with Gasteiger partial charge in [-0.05, 0) is 48.7 Å². The normalized spacial score (nSPS) is 16.1. The van der Waals surface area contributed by atoms with Crippen molar-refractivity contribution in [3.05, 3.63) is 94.7 Å². The Hall–Kier alpha value is -5.46. The number of rotatable bonds is 3. The molecular formula is C34H33F2N9O2. The number of benzene rings is 2. The standard InChI is InChI=1S/C34H33F2N9O2/c1-6-28(46)42-13-14-43(20(4)16-42)32-23-15-25(36)30-29-24(35)10-8-11-26(29)44-18-21(39-40-44)17-41(5)27-12-7-9-22(19(2)3)31(27)45(33(23)37-30)34(47)38-32/h6-12,15,18-20H,1,13-14,16-17H2,2-5H3/t20-/m0/s1. The van der Waals surface area contributed by atoms with Crippen LogP contribution in [0.25, 0.3) is 33.7 Å². The molecule has 4 bridgehead atoms. The van der Waals surface area contributed by atoms with Crippen LogP contribution in [0.15, 0.2) is 66.1 Å². The van der Waals surface area contributed by atoms with E-state index in [2.05, 4.69) is 21.9 Å². The quantitative estimate of drug-likeness (QED) is 0.265. The van der Waals surface area contributed by atoms with Crippen LogP contribution < -0.4 is 15.5 Å². The Labute approximate surface area is 269 Å². The number of nitrogens with zero attached hydrogens (tertiary/aromatic N) is 9. The van der Waals surface area contributed by atoms with Crippen molar-refractivity contribution in [3.8, 4) is 22.6 Å². The first-order valence-corrected chi connectivity index (χ1v) is 15.4. The fraction of sp³-hybridized carbons (Fsp3) is 0.294. The molecule has 0 aliphatic carbocycles. The molecule has 5 aromatic rings. The SMILES string of the molecule is C=CC(=O)N1CCN(c2nc(=O)n3c4nc(c(F)cc24)-c2c(F)cccc2-n2cc(nn2)CN(C)c2cccc(C(C)C)c2-3)[C@@H](C)C1. The molecule has 0 radical (unpaired) electrons. The van der Waals surface area contributed by atoms with Gasteiger partial charge in [-0.15, -0.1) is 5.10 Å². The molecule has 7 rings (SSSR count). The molecule has 13 heteroatoms. The monoisotopic (exact) mass is 637 g/mol. The van der Waals surface area contributed by atoms with Gasteiger partial charge in [0.15, 0.2) is 11.5 Å². The maximum absolute atomic E-state index is 16.5. The summed E-state index contributed by atoms with van der Waals surface area (Å²) in [7, 11) is 1.88. The lowest BCUT2D eigenvalue weighted by molar-refractivity contribution is -0.126. The molecule has 47 heavy (non-hydrogen) atoms. The van der Waals surface area contributed by atoms with Gasteiger partial charge in [0.05, 0.1) is 40.8 Å². The minimum absolute atomic E-state index is 0.0230. The van der Waals surface area contributed by atoms with Crippen LogP contribution in [-0.2, 0) is 11.3 Å². The maximum Gasteiger partial charge on any atom is 0.355 e. The van der Waals surface area contributed by atoms with Crippen LogP contribution in [0.3, 0.4) is 0 Å². The highest BCUT2D eigenvalue weighted by Crippen LogP contribution is 2.38. The largest absolute Gasteiger partial charge is 0.367 e. The number of fused-ring (bicyclic) bond motifs is 8. The van der Waals surface area contributed by atoms with Crippen molar-refractivity contribution in [2.24, 2.45) is 0 Å². The van der Waals surface area contributed by atoms with E-state index in [0.717, 1.165) is 5.56 Å². The number of carbonyl (C=O) groups excluding carboxylic acids is 1. The number of piperazine rings is 1. The Balaban J connectivity index is 1.59. The summed E-state index contributed by atoms with van der Waals surface area (Å²) in [6, 6.07) is 11.1. The molecule has 0 saturated carbocycles. The molecule has 0 unspecified atom stereocenters. The van der Waals surface area contributed by atoms with Gasteiger partial charge in [-0.25, -0.2) is 27.8 Å². The predicted octanol–water partition coefficient (Wildman–Crippen LogP) is 4.60. The molecule has 2 aromatic carbocycles. The Morgan fingerprint density at radius 3 is 2.57 bits per heavy atom. The third-order valence-electron chi connectivity index (χ3n) is 8.91. The Bertz CT molecular complexity index is 2140. The zero-order valence-corrected chi connectivity index (χ0v) is 26.5. The van der Waals surface area contributed by atoms with E-state index in [9.17, 15) is 9.59 Å². The third kappa shape index (κ3) is 4.93. The molecule has 2 aliphatic rings. The molecule has 0 N–H and O–H groups in total. The zero-order chi connectivity index (χ0) is 33.1. The average molecular weight is 638 g/mol. The van der Waals surface area contributed by atoms with E-state index in [1.807, 2.05) is 55.8 Å². The van der Waals surface area contributed by atoms with Gasteiger partial charge >= 0.3 is 5.69 Å². The highest BCUT2D eigenvalue weighted by atomic mass is 19.1. The topological polar surface area (TPSA) is 105 Å². The van der Waals surface area contributed by atoms with E-state index in [4.69, 9.17) is 4.98 Å². The number of pyridine rings is 1. The van der Waals surface area contributed by atoms with Crippen LogP contribution in [-0.4, -0.2) is 73.1 Å². The van der Waals surface area contributed by atoms with Crippen molar-refractivity contribution >= 4 is 28.4 Å². The van der Waals surface area contributed by atoms with Gasteiger partial charge in [-0.2, -0.15) is 4.98 Å². The molecular weight excluding hydrogens is 604 g/mol. The summed E-state index contributed by atoms with van der Waals surface area (Å²) in [5, 5.41) is 8.84. The van der Waals surface area contributed by atoms with E-state index in [1.165, 1.54) is 33.5 Å². The maximum atomic E-state index is 16.5. The van der Waals surface area contributed by atoms with E-state index < -0.39 is 17.3 Å². The third-order valence-corrected chi connectivity index (χ3v) is 8.91. The summed E-state index contributed by atoms with van der Waals surface area (Å²) >= 11 is 0. The van der Waals surface area contributed by atoms with Gasteiger partial charge in [0.25, 0.3) is 0 Å². The molecule has 3 aromatic heterocycles. The number of para-hydroxylation sites is 1. The van der Waals surface area contributed by atoms with Gasteiger partial charge < -0.3 is 14.7 Å². The Morgan fingerprint density at radius 2 is 1.83 bits per heavy atom. The average Bonchev–Trinajstić information content (AvgIpc) is 3.51. The van der Waals surface area contributed by atoms with Crippen molar-refractivity contribution in [2.75, 3.05) is 36.5 Å². The van der Waals surface area contributed by atoms with Crippen LogP contribution in [0.1, 0.15) is 37.9 Å². The summed E-state index contributed by atoms with van der Waals surface area (Å²) in [6.07, 6.45) is 2.94. The highest BCUT2D eigenvalue weighted by molar-refractivity contribution is 5.92. The first-order valence-electron chi connectivity index (χ1n) is 15.4. The molecule has 1 saturated heterocycles. The number of hydrogen-bond donors (Lipinski definition) is 0. The molecule has 0 spiro atoms. The summed E-state index contributed by atoms with van der Waals surface area (Å²) in [5.41, 5.74) is 2.02. The number of carbonyl (C=O) groups is 1. The molecule has 5 heterocycles. The second-order valence-corrected chi connectivity index (χ2v) is 12.3. The van der Waals surface area contributed by atoms with Crippen molar-refractivity contribution in [1.29, 1.82) is 0 Å². The Kier molecular flexibility index (Phi) is 7.33. The van der Waals surface area contributed by atoms with Crippen LogP contribution in [0.5, 0.6) is 0 Å². The van der Waals surface area contributed by atoms with E-state index in [-0.39, 0.29) is 51.7 Å². The van der Waals surface area contributed by atoms with Gasteiger partial charge in [-0.1, -0.05) is 43.8 Å². The van der Waals surface area contributed by atoms with Gasteiger partial charge in [0.2, 0.25) is 5.91 Å². The fourth-order valence-electron chi connectivity index (χ4n) is 6.62. The number of amides is 1. The summed E-state index contributed by atoms with van der Waals surface area (Å²) < 4.78 is 35.1. The minimum atomic E-state index is -0.796. The van der Waals surface area contributed by atoms with E-state index in [1.54, 1.807) is 17.2 Å². The molecule has 1 fully saturated rings. The van der Waals surface area contributed by atoms with E-state index in [0.29, 0.717) is 43.2 Å². The summed E-state index contributed by atoms with van der Waals surface area (Å²) in [6.45, 7) is 10.9. The number of anilines is 2. The smallest absolute Gasteiger partial charge is 0.355 e. The van der Waals surface area contributed by atoms with E-state index >= 15 is 8.78 Å². The predicted molar refractivity (Wildman–Crippen MR) is 175 cm³/mol. The lowest BCUT2D eigenvalue weighted by atomic mass is 9.99. The second-order valence-electron chi connectivity index (χ2n) is 12.3. The molecule has 240 valence electrons. The van der Waals surface area contributed by atoms with Crippen molar-refractivity contribution < 1.29 is 13.6 Å². The van der Waals surface area contributed by atoms with Gasteiger partial charge in [-0.3, -0.25) is 4.79 Å². The lowest BCUT2D eigenvalue weighted by Gasteiger charge is -2.40. The van der Waals surface area contributed by atoms with Crippen molar-refractivity contribution in [1.82, 2.24) is 34.4 Å². The first kappa shape index (κ1) is 30.2. The van der Waals surface area contributed by atoms with Crippen LogP contribution in [0.2, 0.25) is 0 Å². The first-order chi connectivity index (χ1) is 22.6. The summed E-state index contributed by atoms with van der Waals surface area (Å²) in [5.74, 6) is -1.48. The van der Waals surface area contributed by atoms with Crippen molar-refractivity contribution in [2.45, 2.75) is 39.3 Å². The Morgan fingerprint density at radius 1 is 1.06 bits per heavy atom. The lowest BCUT2D eigenvalue weighted by Crippen LogP contribution is -2.54. The molecule has 11 nitrogen and oxygen atoms in total. The number of halogens is 2.